The lowest BCUT2D eigenvalue weighted by atomic mass is 9.97. The van der Waals surface area contributed by atoms with Gasteiger partial charge in [0.05, 0.1) is 11.8 Å². The third-order valence-electron chi connectivity index (χ3n) is 3.83. The van der Waals surface area contributed by atoms with E-state index in [0.717, 1.165) is 12.3 Å². The van der Waals surface area contributed by atoms with Crippen LogP contribution in [0.5, 0.6) is 0 Å². The highest BCUT2D eigenvalue weighted by Crippen LogP contribution is 2.36. The summed E-state index contributed by atoms with van der Waals surface area (Å²) in [6.45, 7) is 0.454. The Morgan fingerprint density at radius 3 is 2.38 bits per heavy atom. The van der Waals surface area contributed by atoms with Crippen LogP contribution in [0.2, 0.25) is 0 Å². The highest BCUT2D eigenvalue weighted by atomic mass is 79.9. The van der Waals surface area contributed by atoms with Crippen LogP contribution >= 0.6 is 15.9 Å². The van der Waals surface area contributed by atoms with Gasteiger partial charge in [-0.15, -0.1) is 0 Å². The van der Waals surface area contributed by atoms with Crippen molar-refractivity contribution in [2.24, 2.45) is 5.92 Å². The number of amides is 1. The second kappa shape index (κ2) is 7.01. The van der Waals surface area contributed by atoms with Crippen LogP contribution in [-0.2, 0) is 21.0 Å². The van der Waals surface area contributed by atoms with Crippen molar-refractivity contribution < 1.29 is 26.4 Å². The maximum absolute atomic E-state index is 12.9. The molecule has 0 aliphatic carbocycles. The van der Waals surface area contributed by atoms with Crippen LogP contribution in [0.1, 0.15) is 18.4 Å². The van der Waals surface area contributed by atoms with E-state index in [1.165, 1.54) is 16.4 Å². The van der Waals surface area contributed by atoms with E-state index in [-0.39, 0.29) is 23.2 Å². The number of benzene rings is 1. The number of piperidine rings is 1. The second-order valence-corrected chi connectivity index (χ2v) is 8.45. The fourth-order valence-electron chi connectivity index (χ4n) is 2.51. The molecule has 1 aromatic rings. The zero-order valence-electron chi connectivity index (χ0n) is 12.7. The molecule has 1 heterocycles. The van der Waals surface area contributed by atoms with Gasteiger partial charge in [0, 0.05) is 29.2 Å². The molecule has 0 atom stereocenters. The van der Waals surface area contributed by atoms with E-state index < -0.39 is 33.6 Å². The first kappa shape index (κ1) is 19.2. The van der Waals surface area contributed by atoms with Crippen molar-refractivity contribution in [2.75, 3.05) is 24.7 Å². The SMILES string of the molecule is CS(=O)(=O)N1CCC(C(=O)Nc2ccc(Br)c(C(F)(F)F)c2)CC1. The Balaban J connectivity index is 2.04. The molecule has 0 radical (unpaired) electrons. The van der Waals surface area contributed by atoms with Gasteiger partial charge in [-0.1, -0.05) is 15.9 Å². The van der Waals surface area contributed by atoms with E-state index in [4.69, 9.17) is 0 Å². The van der Waals surface area contributed by atoms with Crippen LogP contribution < -0.4 is 5.32 Å². The third kappa shape index (κ3) is 4.70. The maximum Gasteiger partial charge on any atom is 0.417 e. The minimum absolute atomic E-state index is 0.0565. The Kier molecular flexibility index (Phi) is 5.61. The summed E-state index contributed by atoms with van der Waals surface area (Å²) in [5.74, 6) is -0.834. The van der Waals surface area contributed by atoms with Gasteiger partial charge in [-0.3, -0.25) is 4.79 Å². The number of hydrogen-bond acceptors (Lipinski definition) is 3. The zero-order valence-corrected chi connectivity index (χ0v) is 15.1. The van der Waals surface area contributed by atoms with Crippen LogP contribution in [0.15, 0.2) is 22.7 Å². The Morgan fingerprint density at radius 1 is 1.29 bits per heavy atom. The number of carbonyl (C=O) groups excluding carboxylic acids is 1. The largest absolute Gasteiger partial charge is 0.417 e. The van der Waals surface area contributed by atoms with E-state index in [0.29, 0.717) is 12.8 Å². The molecule has 0 bridgehead atoms. The minimum Gasteiger partial charge on any atom is -0.326 e. The molecule has 1 saturated heterocycles. The number of nitrogens with one attached hydrogen (secondary N) is 1. The van der Waals surface area contributed by atoms with Crippen molar-refractivity contribution in [3.05, 3.63) is 28.2 Å². The average Bonchev–Trinajstić information content (AvgIpc) is 2.47. The predicted molar refractivity (Wildman–Crippen MR) is 86.9 cm³/mol. The molecular weight excluding hydrogens is 413 g/mol. The summed E-state index contributed by atoms with van der Waals surface area (Å²) in [6, 6.07) is 3.47. The first-order chi connectivity index (χ1) is 11.0. The fraction of sp³-hybridized carbons (Fsp3) is 0.500. The molecule has 0 aromatic heterocycles. The summed E-state index contributed by atoms with van der Waals surface area (Å²) in [4.78, 5) is 12.2. The molecule has 0 unspecified atom stereocenters. The number of nitrogens with zero attached hydrogens (tertiary/aromatic N) is 1. The quantitative estimate of drug-likeness (QED) is 0.804. The third-order valence-corrected chi connectivity index (χ3v) is 5.83. The summed E-state index contributed by atoms with van der Waals surface area (Å²) >= 11 is 2.84. The van der Waals surface area contributed by atoms with Crippen LogP contribution in [-0.4, -0.2) is 38.0 Å². The summed E-state index contributed by atoms with van der Waals surface area (Å²) in [5, 5.41) is 2.48. The van der Waals surface area contributed by atoms with Crippen molar-refractivity contribution in [3.8, 4) is 0 Å². The van der Waals surface area contributed by atoms with Crippen LogP contribution in [0.4, 0.5) is 18.9 Å². The van der Waals surface area contributed by atoms with E-state index in [1.54, 1.807) is 0 Å². The molecule has 5 nitrogen and oxygen atoms in total. The van der Waals surface area contributed by atoms with E-state index in [2.05, 4.69) is 21.2 Å². The molecule has 134 valence electrons. The highest BCUT2D eigenvalue weighted by molar-refractivity contribution is 9.10. The van der Waals surface area contributed by atoms with Crippen LogP contribution in [0, 0.1) is 5.92 Å². The number of halogens is 4. The molecule has 1 fully saturated rings. The number of anilines is 1. The van der Waals surface area contributed by atoms with Gasteiger partial charge < -0.3 is 5.32 Å². The lowest BCUT2D eigenvalue weighted by Crippen LogP contribution is -2.40. The molecule has 0 saturated carbocycles. The van der Waals surface area contributed by atoms with Gasteiger partial charge in [-0.2, -0.15) is 13.2 Å². The molecular formula is C14H16BrF3N2O3S. The first-order valence-corrected chi connectivity index (χ1v) is 9.75. The highest BCUT2D eigenvalue weighted by Gasteiger charge is 2.34. The second-order valence-electron chi connectivity index (χ2n) is 5.62. The molecule has 2 rings (SSSR count). The first-order valence-electron chi connectivity index (χ1n) is 7.11. The topological polar surface area (TPSA) is 66.5 Å². The van der Waals surface area contributed by atoms with Crippen LogP contribution in [0.3, 0.4) is 0 Å². The van der Waals surface area contributed by atoms with Gasteiger partial charge in [0.1, 0.15) is 0 Å². The van der Waals surface area contributed by atoms with Gasteiger partial charge in [-0.25, -0.2) is 12.7 Å². The lowest BCUT2D eigenvalue weighted by Gasteiger charge is -2.29. The normalized spacial score (nSPS) is 17.7. The van der Waals surface area contributed by atoms with Crippen molar-refractivity contribution in [2.45, 2.75) is 19.0 Å². The van der Waals surface area contributed by atoms with Crippen LogP contribution in [0.25, 0.3) is 0 Å². The number of sulfonamides is 1. The fourth-order valence-corrected chi connectivity index (χ4v) is 3.86. The molecule has 10 heteroatoms. The number of hydrogen-bond donors (Lipinski definition) is 1. The Hall–Kier alpha value is -1.13. The summed E-state index contributed by atoms with van der Waals surface area (Å²) in [6.07, 6.45) is -2.75. The van der Waals surface area contributed by atoms with Gasteiger partial charge in [0.25, 0.3) is 0 Å². The summed E-state index contributed by atoms with van der Waals surface area (Å²) < 4.78 is 62.7. The van der Waals surface area contributed by atoms with Crippen molar-refractivity contribution >= 4 is 37.5 Å². The smallest absolute Gasteiger partial charge is 0.326 e. The number of alkyl halides is 3. The monoisotopic (exact) mass is 428 g/mol. The average molecular weight is 429 g/mol. The number of rotatable bonds is 3. The molecule has 1 N–H and O–H groups in total. The van der Waals surface area contributed by atoms with Gasteiger partial charge in [0.15, 0.2) is 0 Å². The molecule has 1 aliphatic rings. The Morgan fingerprint density at radius 2 is 1.88 bits per heavy atom. The molecule has 0 spiro atoms. The predicted octanol–water partition coefficient (Wildman–Crippen LogP) is 3.08. The molecule has 1 aliphatic heterocycles. The van der Waals surface area contributed by atoms with Gasteiger partial charge in [0.2, 0.25) is 15.9 Å². The maximum atomic E-state index is 12.9. The van der Waals surface area contributed by atoms with E-state index in [9.17, 15) is 26.4 Å². The van der Waals surface area contributed by atoms with Gasteiger partial charge >= 0.3 is 6.18 Å². The standard InChI is InChI=1S/C14H16BrF3N2O3S/c1-24(22,23)20-6-4-9(5-7-20)13(21)19-10-2-3-12(15)11(8-10)14(16,17)18/h2-3,8-9H,4-7H2,1H3,(H,19,21). The number of carbonyl (C=O) groups is 1. The van der Waals surface area contributed by atoms with E-state index in [1.807, 2.05) is 0 Å². The summed E-state index contributed by atoms with van der Waals surface area (Å²) in [7, 11) is -3.29. The zero-order chi connectivity index (χ0) is 18.1. The minimum atomic E-state index is -4.53. The molecule has 1 aromatic carbocycles. The van der Waals surface area contributed by atoms with Crippen molar-refractivity contribution in [3.63, 3.8) is 0 Å². The Bertz CT molecular complexity index is 729. The molecule has 1 amide bonds. The van der Waals surface area contributed by atoms with Gasteiger partial charge in [-0.05, 0) is 31.0 Å². The van der Waals surface area contributed by atoms with Crippen molar-refractivity contribution in [1.82, 2.24) is 4.31 Å². The Labute approximate surface area is 146 Å². The molecule has 24 heavy (non-hydrogen) atoms. The van der Waals surface area contributed by atoms with E-state index >= 15 is 0 Å². The lowest BCUT2D eigenvalue weighted by molar-refractivity contribution is -0.138. The van der Waals surface area contributed by atoms with Crippen molar-refractivity contribution in [1.29, 1.82) is 0 Å². The summed E-state index contributed by atoms with van der Waals surface area (Å²) in [5.41, 5.74) is -0.812.